The molecule has 8 aromatic carbocycles. The average Bonchev–Trinajstić information content (AvgIpc) is 3.58. The van der Waals surface area contributed by atoms with Crippen molar-refractivity contribution in [1.82, 2.24) is 0 Å². The highest BCUT2D eigenvalue weighted by atomic mass is 16.3. The van der Waals surface area contributed by atoms with Crippen LogP contribution in [0.2, 0.25) is 0 Å². The molecule has 0 aliphatic carbocycles. The van der Waals surface area contributed by atoms with Gasteiger partial charge in [-0.3, -0.25) is 0 Å². The van der Waals surface area contributed by atoms with Crippen molar-refractivity contribution in [3.05, 3.63) is 188 Å². The summed E-state index contributed by atoms with van der Waals surface area (Å²) in [6, 6.07) is 66.6. The van der Waals surface area contributed by atoms with Crippen LogP contribution in [0.4, 0.5) is 17.1 Å². The van der Waals surface area contributed by atoms with Crippen LogP contribution in [0.5, 0.6) is 0 Å². The Kier molecular flexibility index (Phi) is 6.84. The first-order valence-electron chi connectivity index (χ1n) is 16.4. The molecule has 0 radical (unpaired) electrons. The van der Waals surface area contributed by atoms with Crippen molar-refractivity contribution >= 4 is 49.6 Å². The van der Waals surface area contributed by atoms with E-state index in [1.54, 1.807) is 0 Å². The van der Waals surface area contributed by atoms with Gasteiger partial charge in [0.1, 0.15) is 11.3 Å². The van der Waals surface area contributed by atoms with Gasteiger partial charge in [-0.1, -0.05) is 146 Å². The number of para-hydroxylation sites is 2. The first kappa shape index (κ1) is 27.9. The molecule has 0 bridgehead atoms. The van der Waals surface area contributed by atoms with Gasteiger partial charge in [0.25, 0.3) is 0 Å². The summed E-state index contributed by atoms with van der Waals surface area (Å²) in [4.78, 5) is 2.29. The Morgan fingerprint density at radius 2 is 0.812 bits per heavy atom. The van der Waals surface area contributed by atoms with Crippen LogP contribution in [0.15, 0.2) is 192 Å². The van der Waals surface area contributed by atoms with Gasteiger partial charge in [-0.2, -0.15) is 0 Å². The molecule has 226 valence electrons. The van der Waals surface area contributed by atoms with Crippen molar-refractivity contribution in [3.8, 4) is 33.6 Å². The van der Waals surface area contributed by atoms with E-state index in [9.17, 15) is 0 Å². The monoisotopic (exact) mass is 613 g/mol. The minimum absolute atomic E-state index is 0.895. The zero-order valence-corrected chi connectivity index (χ0v) is 26.3. The van der Waals surface area contributed by atoms with E-state index in [2.05, 4.69) is 193 Å². The maximum absolute atomic E-state index is 6.93. The second kappa shape index (κ2) is 11.8. The number of fused-ring (bicyclic) bond motifs is 6. The number of hydrogen-bond acceptors (Lipinski definition) is 2. The van der Waals surface area contributed by atoms with Gasteiger partial charge >= 0.3 is 0 Å². The molecule has 0 aliphatic heterocycles. The van der Waals surface area contributed by atoms with Gasteiger partial charge in [0, 0.05) is 39.0 Å². The van der Waals surface area contributed by atoms with Crippen LogP contribution in [0, 0.1) is 0 Å². The average molecular weight is 614 g/mol. The molecule has 9 aromatic rings. The summed E-state index contributed by atoms with van der Waals surface area (Å²) in [6.07, 6.45) is 0. The molecule has 0 spiro atoms. The van der Waals surface area contributed by atoms with Gasteiger partial charge < -0.3 is 9.32 Å². The molecular weight excluding hydrogens is 583 g/mol. The summed E-state index contributed by atoms with van der Waals surface area (Å²) in [5, 5.41) is 5.86. The van der Waals surface area contributed by atoms with E-state index in [4.69, 9.17) is 4.42 Å². The molecular formula is C46H31NO. The summed E-state index contributed by atoms with van der Waals surface area (Å²) in [5.41, 5.74) is 9.94. The standard InChI is InChI=1S/C46H31NO/c1-5-15-33(16-6-1)43-44-42-31-35(32-25-28-38(29-26-32)47(36-19-9-3-10-20-36)37-21-11-4-12-22-37)27-30-40(42)39-23-13-14-24-41(39)46(44)48-45(43)34-17-7-2-8-18-34/h1-31H. The molecule has 0 fully saturated rings. The third-order valence-electron chi connectivity index (χ3n) is 9.25. The van der Waals surface area contributed by atoms with Gasteiger partial charge in [-0.15, -0.1) is 0 Å². The van der Waals surface area contributed by atoms with Crippen LogP contribution in [0.25, 0.3) is 66.1 Å². The molecule has 1 aromatic heterocycles. The van der Waals surface area contributed by atoms with Crippen LogP contribution in [0.1, 0.15) is 0 Å². The Morgan fingerprint density at radius 1 is 0.333 bits per heavy atom. The molecule has 9 rings (SSSR count). The predicted octanol–water partition coefficient (Wildman–Crippen LogP) is 13.2. The Hall–Kier alpha value is -6.38. The summed E-state index contributed by atoms with van der Waals surface area (Å²) in [5.74, 6) is 0.895. The zero-order chi connectivity index (χ0) is 31.9. The topological polar surface area (TPSA) is 16.4 Å². The zero-order valence-electron chi connectivity index (χ0n) is 26.3. The second-order valence-corrected chi connectivity index (χ2v) is 12.1. The van der Waals surface area contributed by atoms with E-state index in [0.29, 0.717) is 0 Å². The highest BCUT2D eigenvalue weighted by Crippen LogP contribution is 2.48. The van der Waals surface area contributed by atoms with Crippen LogP contribution in [-0.4, -0.2) is 0 Å². The fourth-order valence-corrected chi connectivity index (χ4v) is 7.04. The summed E-state index contributed by atoms with van der Waals surface area (Å²) >= 11 is 0. The molecule has 0 saturated heterocycles. The third kappa shape index (κ3) is 4.74. The first-order chi connectivity index (χ1) is 23.8. The Morgan fingerprint density at radius 3 is 1.44 bits per heavy atom. The van der Waals surface area contributed by atoms with E-state index in [-0.39, 0.29) is 0 Å². The van der Waals surface area contributed by atoms with Gasteiger partial charge in [0.2, 0.25) is 0 Å². The SMILES string of the molecule is c1ccc(-c2oc3c4ccccc4c4ccc(-c5ccc(N(c6ccccc6)c6ccccc6)cc5)cc4c3c2-c2ccccc2)cc1. The van der Waals surface area contributed by atoms with Crippen molar-refractivity contribution in [1.29, 1.82) is 0 Å². The van der Waals surface area contributed by atoms with E-state index < -0.39 is 0 Å². The van der Waals surface area contributed by atoms with E-state index >= 15 is 0 Å². The first-order valence-corrected chi connectivity index (χ1v) is 16.4. The van der Waals surface area contributed by atoms with Gasteiger partial charge in [0.15, 0.2) is 0 Å². The van der Waals surface area contributed by atoms with Crippen LogP contribution in [0.3, 0.4) is 0 Å². The van der Waals surface area contributed by atoms with Gasteiger partial charge in [0.05, 0.1) is 0 Å². The summed E-state index contributed by atoms with van der Waals surface area (Å²) in [6.45, 7) is 0. The lowest BCUT2D eigenvalue weighted by Gasteiger charge is -2.25. The molecule has 0 atom stereocenters. The maximum Gasteiger partial charge on any atom is 0.143 e. The Bertz CT molecular complexity index is 2480. The maximum atomic E-state index is 6.93. The lowest BCUT2D eigenvalue weighted by Crippen LogP contribution is -2.09. The molecule has 0 amide bonds. The predicted molar refractivity (Wildman–Crippen MR) is 202 cm³/mol. The van der Waals surface area contributed by atoms with E-state index in [1.165, 1.54) is 16.2 Å². The molecule has 0 saturated carbocycles. The summed E-state index contributed by atoms with van der Waals surface area (Å²) in [7, 11) is 0. The number of furan rings is 1. The van der Waals surface area contributed by atoms with Crippen LogP contribution >= 0.6 is 0 Å². The molecule has 0 unspecified atom stereocenters. The molecule has 48 heavy (non-hydrogen) atoms. The highest BCUT2D eigenvalue weighted by molar-refractivity contribution is 6.28. The van der Waals surface area contributed by atoms with Crippen molar-refractivity contribution in [2.75, 3.05) is 4.90 Å². The largest absolute Gasteiger partial charge is 0.455 e. The third-order valence-corrected chi connectivity index (χ3v) is 9.25. The number of hydrogen-bond donors (Lipinski definition) is 0. The molecule has 2 heteroatoms. The number of rotatable bonds is 6. The van der Waals surface area contributed by atoms with Gasteiger partial charge in [-0.05, 0) is 75.3 Å². The lowest BCUT2D eigenvalue weighted by atomic mass is 9.90. The highest BCUT2D eigenvalue weighted by Gasteiger charge is 2.23. The van der Waals surface area contributed by atoms with Crippen molar-refractivity contribution in [3.63, 3.8) is 0 Å². The fraction of sp³-hybridized carbons (Fsp3) is 0. The number of benzene rings is 8. The molecule has 2 nitrogen and oxygen atoms in total. The summed E-state index contributed by atoms with van der Waals surface area (Å²) < 4.78 is 6.93. The van der Waals surface area contributed by atoms with Crippen molar-refractivity contribution in [2.24, 2.45) is 0 Å². The number of nitrogens with zero attached hydrogens (tertiary/aromatic N) is 1. The van der Waals surface area contributed by atoms with E-state index in [1.807, 2.05) is 0 Å². The normalized spacial score (nSPS) is 11.3. The minimum atomic E-state index is 0.895. The van der Waals surface area contributed by atoms with E-state index in [0.717, 1.165) is 67.0 Å². The smallest absolute Gasteiger partial charge is 0.143 e. The Balaban J connectivity index is 1.26. The minimum Gasteiger partial charge on any atom is -0.455 e. The quantitative estimate of drug-likeness (QED) is 0.174. The fourth-order valence-electron chi connectivity index (χ4n) is 7.04. The van der Waals surface area contributed by atoms with Crippen molar-refractivity contribution < 1.29 is 4.42 Å². The molecule has 1 heterocycles. The molecule has 0 N–H and O–H groups in total. The van der Waals surface area contributed by atoms with Crippen LogP contribution < -0.4 is 4.90 Å². The number of anilines is 3. The second-order valence-electron chi connectivity index (χ2n) is 12.1. The Labute approximate surface area is 279 Å². The molecule has 0 aliphatic rings. The lowest BCUT2D eigenvalue weighted by molar-refractivity contribution is 0.636. The van der Waals surface area contributed by atoms with Gasteiger partial charge in [-0.25, -0.2) is 0 Å². The van der Waals surface area contributed by atoms with Crippen LogP contribution in [-0.2, 0) is 0 Å². The van der Waals surface area contributed by atoms with Crippen molar-refractivity contribution in [2.45, 2.75) is 0 Å².